The highest BCUT2D eigenvalue weighted by atomic mass is 16.7. The van der Waals surface area contributed by atoms with Crippen LogP contribution < -0.4 is 9.47 Å². The molecule has 0 unspecified atom stereocenters. The summed E-state index contributed by atoms with van der Waals surface area (Å²) in [6.07, 6.45) is -7.50. The largest absolute Gasteiger partial charge is 0.462 e. The van der Waals surface area contributed by atoms with E-state index in [2.05, 4.69) is 0 Å². The Balaban J connectivity index is 1.57. The van der Waals surface area contributed by atoms with Gasteiger partial charge in [0.1, 0.15) is 42.5 Å². The van der Waals surface area contributed by atoms with E-state index in [1.807, 2.05) is 0 Å². The molecule has 1 heterocycles. The summed E-state index contributed by atoms with van der Waals surface area (Å²) in [5, 5.41) is 39.9. The maximum Gasteiger partial charge on any atom is 0.343 e. The van der Waals surface area contributed by atoms with Crippen LogP contribution in [0.25, 0.3) is 0 Å². The molecule has 4 rings (SSSR count). The van der Waals surface area contributed by atoms with Gasteiger partial charge >= 0.3 is 11.9 Å². The Morgan fingerprint density at radius 2 is 1.46 bits per heavy atom. The number of esters is 2. The van der Waals surface area contributed by atoms with Gasteiger partial charge in [-0.25, -0.2) is 9.59 Å². The molecule has 10 nitrogen and oxygen atoms in total. The minimum absolute atomic E-state index is 0.0708. The SMILES string of the molecule is O=C(OCc1cc(C(=O)Oc2ccccc2)ccc1O[C@@H]1O[C@H](CO)[C@@H](O)[C@H](O)[C@H]1O)c1ccccc1. The maximum absolute atomic E-state index is 12.7. The van der Waals surface area contributed by atoms with E-state index in [4.69, 9.17) is 18.9 Å². The number of aliphatic hydroxyl groups excluding tert-OH is 4. The topological polar surface area (TPSA) is 152 Å². The Kier molecular flexibility index (Phi) is 8.49. The zero-order valence-electron chi connectivity index (χ0n) is 19.5. The highest BCUT2D eigenvalue weighted by Gasteiger charge is 2.44. The number of rotatable bonds is 8. The molecule has 3 aromatic rings. The van der Waals surface area contributed by atoms with Crippen molar-refractivity contribution >= 4 is 11.9 Å². The molecule has 1 aliphatic rings. The first-order valence-electron chi connectivity index (χ1n) is 11.5. The lowest BCUT2D eigenvalue weighted by Gasteiger charge is -2.39. The summed E-state index contributed by atoms with van der Waals surface area (Å²) in [4.78, 5) is 25.2. The van der Waals surface area contributed by atoms with Crippen LogP contribution in [0.1, 0.15) is 26.3 Å². The van der Waals surface area contributed by atoms with E-state index in [1.54, 1.807) is 60.7 Å². The number of ether oxygens (including phenoxy) is 4. The lowest BCUT2D eigenvalue weighted by atomic mass is 9.99. The summed E-state index contributed by atoms with van der Waals surface area (Å²) in [7, 11) is 0. The van der Waals surface area contributed by atoms with E-state index in [-0.39, 0.29) is 23.5 Å². The van der Waals surface area contributed by atoms with Gasteiger partial charge < -0.3 is 39.4 Å². The third-order valence-corrected chi connectivity index (χ3v) is 5.71. The Morgan fingerprint density at radius 3 is 2.14 bits per heavy atom. The number of carbonyl (C=O) groups excluding carboxylic acids is 2. The molecule has 194 valence electrons. The molecule has 0 saturated carbocycles. The molecule has 37 heavy (non-hydrogen) atoms. The fourth-order valence-corrected chi connectivity index (χ4v) is 3.68. The summed E-state index contributed by atoms with van der Waals surface area (Å²) < 4.78 is 21.9. The Morgan fingerprint density at radius 1 is 0.784 bits per heavy atom. The van der Waals surface area contributed by atoms with Crippen molar-refractivity contribution in [3.63, 3.8) is 0 Å². The molecule has 5 atom stereocenters. The summed E-state index contributed by atoms with van der Waals surface area (Å²) in [6.45, 7) is -0.941. The van der Waals surface area contributed by atoms with Crippen molar-refractivity contribution in [1.29, 1.82) is 0 Å². The highest BCUT2D eigenvalue weighted by molar-refractivity contribution is 5.92. The molecule has 10 heteroatoms. The zero-order valence-corrected chi connectivity index (χ0v) is 19.5. The van der Waals surface area contributed by atoms with Gasteiger partial charge in [0.15, 0.2) is 0 Å². The molecule has 1 saturated heterocycles. The quantitative estimate of drug-likeness (QED) is 0.259. The van der Waals surface area contributed by atoms with Crippen molar-refractivity contribution in [1.82, 2.24) is 0 Å². The van der Waals surface area contributed by atoms with Crippen LogP contribution in [0.2, 0.25) is 0 Å². The minimum Gasteiger partial charge on any atom is -0.462 e. The third kappa shape index (κ3) is 6.31. The fourth-order valence-electron chi connectivity index (χ4n) is 3.68. The molecule has 1 fully saturated rings. The summed E-state index contributed by atoms with van der Waals surface area (Å²) in [5.41, 5.74) is 0.693. The minimum atomic E-state index is -1.65. The van der Waals surface area contributed by atoms with Gasteiger partial charge in [0.05, 0.1) is 17.7 Å². The molecule has 0 aromatic heterocycles. The van der Waals surface area contributed by atoms with E-state index in [0.29, 0.717) is 11.3 Å². The van der Waals surface area contributed by atoms with Gasteiger partial charge in [-0.05, 0) is 42.5 Å². The van der Waals surface area contributed by atoms with Crippen LogP contribution in [-0.2, 0) is 16.1 Å². The molecule has 0 amide bonds. The zero-order chi connectivity index (χ0) is 26.4. The van der Waals surface area contributed by atoms with E-state index >= 15 is 0 Å². The number of hydrogen-bond donors (Lipinski definition) is 4. The molecule has 1 aliphatic heterocycles. The Bertz CT molecular complexity index is 1200. The molecule has 3 aromatic carbocycles. The van der Waals surface area contributed by atoms with Gasteiger partial charge in [0.2, 0.25) is 6.29 Å². The monoisotopic (exact) mass is 510 g/mol. The van der Waals surface area contributed by atoms with Crippen LogP contribution >= 0.6 is 0 Å². The standard InChI is InChI=1S/C27H26O10/c28-14-21-22(29)23(30)24(31)27(37-21)36-20-12-11-17(26(33)35-19-9-5-2-6-10-19)13-18(20)15-34-25(32)16-7-3-1-4-8-16/h1-13,21-24,27-31H,14-15H2/t21-,22-,23+,24-,27-/m1/s1. The molecule has 0 bridgehead atoms. The smallest absolute Gasteiger partial charge is 0.343 e. The number of aliphatic hydroxyl groups is 4. The molecule has 4 N–H and O–H groups in total. The number of benzene rings is 3. The van der Waals surface area contributed by atoms with E-state index < -0.39 is 49.3 Å². The predicted molar refractivity (Wildman–Crippen MR) is 128 cm³/mol. The second kappa shape index (κ2) is 12.0. The van der Waals surface area contributed by atoms with Crippen molar-refractivity contribution < 1.29 is 49.0 Å². The van der Waals surface area contributed by atoms with Gasteiger partial charge in [-0.3, -0.25) is 0 Å². The Labute approximate surface area is 212 Å². The van der Waals surface area contributed by atoms with E-state index in [9.17, 15) is 30.0 Å². The predicted octanol–water partition coefficient (Wildman–Crippen LogP) is 1.44. The van der Waals surface area contributed by atoms with E-state index in [0.717, 1.165) is 0 Å². The first kappa shape index (κ1) is 26.3. The van der Waals surface area contributed by atoms with Crippen LogP contribution in [0, 0.1) is 0 Å². The first-order chi connectivity index (χ1) is 17.9. The molecule has 0 radical (unpaired) electrons. The van der Waals surface area contributed by atoms with Gasteiger partial charge in [-0.2, -0.15) is 0 Å². The van der Waals surface area contributed by atoms with Crippen LogP contribution in [0.5, 0.6) is 11.5 Å². The van der Waals surface area contributed by atoms with Crippen LogP contribution in [0.15, 0.2) is 78.9 Å². The third-order valence-electron chi connectivity index (χ3n) is 5.71. The average molecular weight is 510 g/mol. The second-order valence-electron chi connectivity index (χ2n) is 8.28. The van der Waals surface area contributed by atoms with E-state index in [1.165, 1.54) is 18.2 Å². The van der Waals surface area contributed by atoms with Gasteiger partial charge in [0, 0.05) is 5.56 Å². The van der Waals surface area contributed by atoms with Crippen molar-refractivity contribution in [2.75, 3.05) is 6.61 Å². The molecular formula is C27H26O10. The summed E-state index contributed by atoms with van der Waals surface area (Å²) >= 11 is 0. The number of para-hydroxylation sites is 1. The van der Waals surface area contributed by atoms with Gasteiger partial charge in [-0.15, -0.1) is 0 Å². The lowest BCUT2D eigenvalue weighted by Crippen LogP contribution is -2.60. The maximum atomic E-state index is 12.7. The number of carbonyl (C=O) groups is 2. The summed E-state index contributed by atoms with van der Waals surface area (Å²) in [5.74, 6) is -0.870. The van der Waals surface area contributed by atoms with Crippen molar-refractivity contribution in [2.24, 2.45) is 0 Å². The van der Waals surface area contributed by atoms with Crippen molar-refractivity contribution in [2.45, 2.75) is 37.3 Å². The first-order valence-corrected chi connectivity index (χ1v) is 11.5. The van der Waals surface area contributed by atoms with Crippen molar-refractivity contribution in [3.8, 4) is 11.5 Å². The van der Waals surface area contributed by atoms with Crippen LogP contribution in [0.3, 0.4) is 0 Å². The number of hydrogen-bond acceptors (Lipinski definition) is 10. The van der Waals surface area contributed by atoms with Crippen LogP contribution in [-0.4, -0.2) is 69.7 Å². The van der Waals surface area contributed by atoms with Crippen LogP contribution in [0.4, 0.5) is 0 Å². The average Bonchev–Trinajstić information content (AvgIpc) is 2.93. The normalized spacial score (nSPS) is 23.2. The second-order valence-corrected chi connectivity index (χ2v) is 8.28. The lowest BCUT2D eigenvalue weighted by molar-refractivity contribution is -0.277. The Hall–Kier alpha value is -3.80. The highest BCUT2D eigenvalue weighted by Crippen LogP contribution is 2.28. The van der Waals surface area contributed by atoms with Gasteiger partial charge in [-0.1, -0.05) is 36.4 Å². The fraction of sp³-hybridized carbons (Fsp3) is 0.259. The van der Waals surface area contributed by atoms with Crippen molar-refractivity contribution in [3.05, 3.63) is 95.6 Å². The summed E-state index contributed by atoms with van der Waals surface area (Å²) in [6, 6.07) is 21.0. The molecule has 0 spiro atoms. The van der Waals surface area contributed by atoms with Gasteiger partial charge in [0.25, 0.3) is 0 Å². The molecular weight excluding hydrogens is 484 g/mol. The molecule has 0 aliphatic carbocycles.